The SMILES string of the molecule is C=C=CCCNC(=O)C12CC3CC(CC(C3)C1)C2. The first-order valence-corrected chi connectivity index (χ1v) is 7.34. The maximum absolute atomic E-state index is 12.5. The lowest BCUT2D eigenvalue weighted by atomic mass is 9.49. The van der Waals surface area contributed by atoms with Gasteiger partial charge in [-0.25, -0.2) is 0 Å². The summed E-state index contributed by atoms with van der Waals surface area (Å²) in [7, 11) is 0. The van der Waals surface area contributed by atoms with E-state index in [1.807, 2.05) is 6.08 Å². The molecule has 0 spiro atoms. The molecule has 0 aromatic heterocycles. The summed E-state index contributed by atoms with van der Waals surface area (Å²) in [6, 6.07) is 0. The summed E-state index contributed by atoms with van der Waals surface area (Å²) < 4.78 is 0. The predicted molar refractivity (Wildman–Crippen MR) is 71.9 cm³/mol. The molecule has 98 valence electrons. The van der Waals surface area contributed by atoms with E-state index in [2.05, 4.69) is 17.6 Å². The number of hydrogen-bond donors (Lipinski definition) is 1. The highest BCUT2D eigenvalue weighted by Gasteiger charge is 2.54. The molecule has 0 radical (unpaired) electrons. The average molecular weight is 245 g/mol. The minimum atomic E-state index is 0.00659. The summed E-state index contributed by atoms with van der Waals surface area (Å²) in [5, 5.41) is 3.14. The molecule has 4 aliphatic carbocycles. The van der Waals surface area contributed by atoms with Crippen molar-refractivity contribution >= 4 is 5.91 Å². The Morgan fingerprint density at radius 3 is 2.28 bits per heavy atom. The van der Waals surface area contributed by atoms with Gasteiger partial charge in [0.25, 0.3) is 0 Å². The van der Waals surface area contributed by atoms with E-state index in [0.29, 0.717) is 5.91 Å². The van der Waals surface area contributed by atoms with E-state index >= 15 is 0 Å². The van der Waals surface area contributed by atoms with Crippen molar-refractivity contribution in [2.45, 2.75) is 44.9 Å². The molecule has 4 fully saturated rings. The normalized spacial score (nSPS) is 40.3. The summed E-state index contributed by atoms with van der Waals surface area (Å²) in [6.45, 7) is 4.28. The highest BCUT2D eigenvalue weighted by molar-refractivity contribution is 5.83. The van der Waals surface area contributed by atoms with Crippen LogP contribution < -0.4 is 5.32 Å². The van der Waals surface area contributed by atoms with Gasteiger partial charge in [-0.3, -0.25) is 4.79 Å². The second-order valence-electron chi connectivity index (χ2n) is 6.65. The number of nitrogens with one attached hydrogen (secondary N) is 1. The highest BCUT2D eigenvalue weighted by atomic mass is 16.2. The lowest BCUT2D eigenvalue weighted by Gasteiger charge is -2.55. The van der Waals surface area contributed by atoms with E-state index < -0.39 is 0 Å². The molecule has 0 saturated heterocycles. The maximum Gasteiger partial charge on any atom is 0.226 e. The van der Waals surface area contributed by atoms with Gasteiger partial charge in [0.05, 0.1) is 0 Å². The van der Waals surface area contributed by atoms with Gasteiger partial charge in [-0.15, -0.1) is 5.73 Å². The van der Waals surface area contributed by atoms with E-state index in [1.165, 1.54) is 19.3 Å². The largest absolute Gasteiger partial charge is 0.355 e. The third-order valence-electron chi connectivity index (χ3n) is 5.24. The van der Waals surface area contributed by atoms with Crippen LogP contribution in [0.3, 0.4) is 0 Å². The molecule has 0 unspecified atom stereocenters. The Labute approximate surface area is 110 Å². The van der Waals surface area contributed by atoms with Crippen LogP contribution >= 0.6 is 0 Å². The summed E-state index contributed by atoms with van der Waals surface area (Å²) in [4.78, 5) is 12.5. The van der Waals surface area contributed by atoms with Crippen molar-refractivity contribution in [2.75, 3.05) is 6.54 Å². The second-order valence-corrected chi connectivity index (χ2v) is 6.65. The Morgan fingerprint density at radius 2 is 1.78 bits per heavy atom. The molecule has 2 nitrogen and oxygen atoms in total. The molecule has 0 atom stereocenters. The van der Waals surface area contributed by atoms with Gasteiger partial charge in [0.1, 0.15) is 0 Å². The first-order chi connectivity index (χ1) is 8.72. The second kappa shape index (κ2) is 4.59. The van der Waals surface area contributed by atoms with Gasteiger partial charge in [0.2, 0.25) is 5.91 Å². The minimum Gasteiger partial charge on any atom is -0.355 e. The molecule has 4 rings (SSSR count). The van der Waals surface area contributed by atoms with Crippen LogP contribution in [0, 0.1) is 23.2 Å². The molecule has 1 amide bonds. The van der Waals surface area contributed by atoms with Gasteiger partial charge >= 0.3 is 0 Å². The molecule has 4 bridgehead atoms. The van der Waals surface area contributed by atoms with Gasteiger partial charge in [-0.05, 0) is 68.8 Å². The van der Waals surface area contributed by atoms with E-state index in [9.17, 15) is 4.79 Å². The molecule has 0 heterocycles. The van der Waals surface area contributed by atoms with E-state index in [1.54, 1.807) is 0 Å². The van der Waals surface area contributed by atoms with Gasteiger partial charge < -0.3 is 5.32 Å². The fourth-order valence-electron chi connectivity index (χ4n) is 4.94. The Kier molecular flexibility index (Phi) is 3.07. The first-order valence-electron chi connectivity index (χ1n) is 7.34. The Morgan fingerprint density at radius 1 is 1.22 bits per heavy atom. The van der Waals surface area contributed by atoms with Crippen LogP contribution in [0.5, 0.6) is 0 Å². The highest BCUT2D eigenvalue weighted by Crippen LogP contribution is 2.60. The van der Waals surface area contributed by atoms with Gasteiger partial charge in [0, 0.05) is 12.0 Å². The summed E-state index contributed by atoms with van der Waals surface area (Å²) in [5.74, 6) is 2.86. The third kappa shape index (κ3) is 2.03. The third-order valence-corrected chi connectivity index (χ3v) is 5.24. The summed E-state index contributed by atoms with van der Waals surface area (Å²) >= 11 is 0. The molecular weight excluding hydrogens is 222 g/mol. The lowest BCUT2D eigenvalue weighted by Crippen LogP contribution is -2.53. The van der Waals surface area contributed by atoms with Crippen LogP contribution in [0.2, 0.25) is 0 Å². The predicted octanol–water partition coefficient (Wildman–Crippen LogP) is 3.05. The monoisotopic (exact) mass is 245 g/mol. The molecule has 4 saturated carbocycles. The number of amides is 1. The summed E-state index contributed by atoms with van der Waals surface area (Å²) in [5.41, 5.74) is 2.76. The number of carbonyl (C=O) groups excluding carboxylic acids is 1. The molecule has 0 aliphatic heterocycles. The van der Waals surface area contributed by atoms with E-state index in [-0.39, 0.29) is 5.41 Å². The van der Waals surface area contributed by atoms with Crippen LogP contribution in [-0.2, 0) is 4.79 Å². The van der Waals surface area contributed by atoms with Crippen molar-refractivity contribution < 1.29 is 4.79 Å². The van der Waals surface area contributed by atoms with Crippen molar-refractivity contribution in [3.63, 3.8) is 0 Å². The molecule has 1 N–H and O–H groups in total. The van der Waals surface area contributed by atoms with Gasteiger partial charge in [-0.1, -0.05) is 6.58 Å². The summed E-state index contributed by atoms with van der Waals surface area (Å²) in [6.07, 6.45) is 10.4. The lowest BCUT2D eigenvalue weighted by molar-refractivity contribution is -0.146. The standard InChI is InChI=1S/C16H23NO/c1-2-3-4-5-17-15(18)16-9-12-6-13(10-16)8-14(7-12)11-16/h3,12-14H,1,4-11H2,(H,17,18). The first kappa shape index (κ1) is 12.0. The molecule has 2 heteroatoms. The van der Waals surface area contributed by atoms with Crippen molar-refractivity contribution in [2.24, 2.45) is 23.2 Å². The minimum absolute atomic E-state index is 0.00659. The molecule has 18 heavy (non-hydrogen) atoms. The van der Waals surface area contributed by atoms with Crippen molar-refractivity contribution in [3.8, 4) is 0 Å². The number of hydrogen-bond acceptors (Lipinski definition) is 1. The molecule has 4 aliphatic rings. The molecular formula is C16H23NO. The molecule has 0 aromatic rings. The van der Waals surface area contributed by atoms with Crippen LogP contribution in [0.25, 0.3) is 0 Å². The Balaban J connectivity index is 1.64. The van der Waals surface area contributed by atoms with Crippen molar-refractivity contribution in [3.05, 3.63) is 18.4 Å². The van der Waals surface area contributed by atoms with Crippen LogP contribution in [0.15, 0.2) is 18.4 Å². The number of rotatable bonds is 4. The van der Waals surface area contributed by atoms with Crippen LogP contribution in [0.1, 0.15) is 44.9 Å². The average Bonchev–Trinajstić information content (AvgIpc) is 2.32. The Hall–Kier alpha value is -1.01. The number of carbonyl (C=O) groups is 1. The van der Waals surface area contributed by atoms with Crippen LogP contribution in [0.4, 0.5) is 0 Å². The quantitative estimate of drug-likeness (QED) is 0.598. The smallest absolute Gasteiger partial charge is 0.226 e. The van der Waals surface area contributed by atoms with E-state index in [4.69, 9.17) is 0 Å². The van der Waals surface area contributed by atoms with Crippen molar-refractivity contribution in [1.29, 1.82) is 0 Å². The maximum atomic E-state index is 12.5. The topological polar surface area (TPSA) is 29.1 Å². The van der Waals surface area contributed by atoms with E-state index in [0.717, 1.165) is 50.0 Å². The molecule has 0 aromatic carbocycles. The van der Waals surface area contributed by atoms with Crippen molar-refractivity contribution in [1.82, 2.24) is 5.32 Å². The van der Waals surface area contributed by atoms with Gasteiger partial charge in [-0.2, -0.15) is 0 Å². The zero-order chi connectivity index (χ0) is 12.6. The fourth-order valence-corrected chi connectivity index (χ4v) is 4.94. The Bertz CT molecular complexity index is 357. The van der Waals surface area contributed by atoms with Gasteiger partial charge in [0.15, 0.2) is 0 Å². The zero-order valence-corrected chi connectivity index (χ0v) is 11.1. The fraction of sp³-hybridized carbons (Fsp3) is 0.750. The zero-order valence-electron chi connectivity index (χ0n) is 11.1. The van der Waals surface area contributed by atoms with Crippen LogP contribution in [-0.4, -0.2) is 12.5 Å².